The third-order valence-corrected chi connectivity index (χ3v) is 7.31. The van der Waals surface area contributed by atoms with E-state index in [0.29, 0.717) is 24.2 Å². The Bertz CT molecular complexity index is 614. The topological polar surface area (TPSA) is 79.0 Å². The van der Waals surface area contributed by atoms with Crippen molar-refractivity contribution in [1.82, 2.24) is 9.80 Å². The molecule has 3 aliphatic rings. The van der Waals surface area contributed by atoms with E-state index in [1.807, 2.05) is 4.90 Å². The van der Waals surface area contributed by atoms with Crippen LogP contribution in [0.15, 0.2) is 4.99 Å². The molecule has 3 rings (SSSR count). The maximum absolute atomic E-state index is 13.2. The molecule has 6 heteroatoms. The van der Waals surface area contributed by atoms with Crippen molar-refractivity contribution in [3.63, 3.8) is 0 Å². The number of nitrogens with zero attached hydrogens (tertiary/aromatic N) is 3. The smallest absolute Gasteiger partial charge is 0.257 e. The molecule has 0 aromatic carbocycles. The van der Waals surface area contributed by atoms with Crippen molar-refractivity contribution in [2.24, 2.45) is 22.6 Å². The number of carbonyl (C=O) groups is 2. The maximum Gasteiger partial charge on any atom is 0.257 e. The fourth-order valence-electron chi connectivity index (χ4n) is 5.50. The number of hydrogen-bond acceptors (Lipinski definition) is 4. The van der Waals surface area contributed by atoms with Gasteiger partial charge in [-0.1, -0.05) is 45.4 Å². The van der Waals surface area contributed by atoms with E-state index in [0.717, 1.165) is 58.0 Å². The first-order valence-electron chi connectivity index (χ1n) is 11.9. The van der Waals surface area contributed by atoms with Crippen LogP contribution in [0.5, 0.6) is 0 Å². The zero-order valence-corrected chi connectivity index (χ0v) is 18.5. The van der Waals surface area contributed by atoms with Gasteiger partial charge in [-0.05, 0) is 50.4 Å². The molecule has 2 heterocycles. The van der Waals surface area contributed by atoms with Crippen LogP contribution in [-0.4, -0.2) is 53.2 Å². The number of piperidine rings is 1. The van der Waals surface area contributed by atoms with Crippen molar-refractivity contribution < 1.29 is 9.59 Å². The second-order valence-electron chi connectivity index (χ2n) is 9.56. The highest BCUT2D eigenvalue weighted by Crippen LogP contribution is 2.38. The zero-order chi connectivity index (χ0) is 20.9. The lowest BCUT2D eigenvalue weighted by molar-refractivity contribution is -0.134. The van der Waals surface area contributed by atoms with Crippen LogP contribution in [0.1, 0.15) is 90.4 Å². The fourth-order valence-corrected chi connectivity index (χ4v) is 5.50. The van der Waals surface area contributed by atoms with E-state index in [4.69, 9.17) is 10.7 Å². The number of likely N-dealkylation sites (tertiary alicyclic amines) is 1. The van der Waals surface area contributed by atoms with E-state index in [1.165, 1.54) is 37.0 Å². The number of amides is 2. The summed E-state index contributed by atoms with van der Waals surface area (Å²) in [5, 5.41) is 0. The van der Waals surface area contributed by atoms with Crippen molar-refractivity contribution >= 4 is 17.8 Å². The van der Waals surface area contributed by atoms with Crippen LogP contribution in [0.25, 0.3) is 0 Å². The fraction of sp³-hybridized carbons (Fsp3) is 0.870. The van der Waals surface area contributed by atoms with Crippen LogP contribution in [0, 0.1) is 11.8 Å². The van der Waals surface area contributed by atoms with E-state index < -0.39 is 5.54 Å². The summed E-state index contributed by atoms with van der Waals surface area (Å²) in [4.78, 5) is 34.0. The zero-order valence-electron chi connectivity index (χ0n) is 18.5. The van der Waals surface area contributed by atoms with Crippen LogP contribution in [-0.2, 0) is 9.59 Å². The van der Waals surface area contributed by atoms with Gasteiger partial charge in [0.05, 0.1) is 0 Å². The van der Waals surface area contributed by atoms with Gasteiger partial charge in [0.1, 0.15) is 5.54 Å². The SMILES string of the molecule is CCCCC(=O)N1CCC[C@H](C[C@]2(CCC3CCCCC3)N=C(N)N(C)C2=O)C1. The summed E-state index contributed by atoms with van der Waals surface area (Å²) in [6.07, 6.45) is 13.8. The van der Waals surface area contributed by atoms with E-state index in [-0.39, 0.29) is 11.8 Å². The molecule has 1 saturated carbocycles. The minimum atomic E-state index is -0.712. The van der Waals surface area contributed by atoms with Crippen LogP contribution in [0.3, 0.4) is 0 Å². The van der Waals surface area contributed by atoms with Gasteiger partial charge in [-0.2, -0.15) is 0 Å². The Morgan fingerprint density at radius 3 is 2.55 bits per heavy atom. The number of hydrogen-bond donors (Lipinski definition) is 1. The molecule has 6 nitrogen and oxygen atoms in total. The average Bonchev–Trinajstić information content (AvgIpc) is 2.95. The summed E-state index contributed by atoms with van der Waals surface area (Å²) in [6.45, 7) is 3.74. The molecule has 2 amide bonds. The van der Waals surface area contributed by atoms with Crippen LogP contribution in [0.4, 0.5) is 0 Å². The molecular weight excluding hydrogens is 364 g/mol. The van der Waals surface area contributed by atoms with Crippen molar-refractivity contribution in [2.45, 2.75) is 95.9 Å². The van der Waals surface area contributed by atoms with E-state index >= 15 is 0 Å². The molecule has 2 N–H and O–H groups in total. The lowest BCUT2D eigenvalue weighted by Crippen LogP contribution is -2.46. The summed E-state index contributed by atoms with van der Waals surface area (Å²) in [5.41, 5.74) is 5.37. The van der Waals surface area contributed by atoms with Gasteiger partial charge in [-0.25, -0.2) is 4.99 Å². The number of likely N-dealkylation sites (N-methyl/N-ethyl adjacent to an activating group) is 1. The molecule has 0 aromatic heterocycles. The average molecular weight is 405 g/mol. The third kappa shape index (κ3) is 5.32. The number of unbranched alkanes of at least 4 members (excludes halogenated alkanes) is 1. The Morgan fingerprint density at radius 2 is 1.90 bits per heavy atom. The van der Waals surface area contributed by atoms with E-state index in [9.17, 15) is 9.59 Å². The number of aliphatic imine (C=N–C) groups is 1. The molecule has 0 bridgehead atoms. The molecule has 2 aliphatic heterocycles. The summed E-state index contributed by atoms with van der Waals surface area (Å²) >= 11 is 0. The third-order valence-electron chi connectivity index (χ3n) is 7.31. The van der Waals surface area contributed by atoms with Gasteiger partial charge in [0, 0.05) is 26.6 Å². The second kappa shape index (κ2) is 9.94. The minimum absolute atomic E-state index is 0.0558. The Morgan fingerprint density at radius 1 is 1.17 bits per heavy atom. The largest absolute Gasteiger partial charge is 0.369 e. The molecule has 29 heavy (non-hydrogen) atoms. The highest BCUT2D eigenvalue weighted by Gasteiger charge is 2.48. The van der Waals surface area contributed by atoms with Crippen molar-refractivity contribution in [3.8, 4) is 0 Å². The highest BCUT2D eigenvalue weighted by molar-refractivity contribution is 6.06. The second-order valence-corrected chi connectivity index (χ2v) is 9.56. The summed E-state index contributed by atoms with van der Waals surface area (Å²) < 4.78 is 0. The molecule has 0 aromatic rings. The van der Waals surface area contributed by atoms with E-state index in [1.54, 1.807) is 7.05 Å². The van der Waals surface area contributed by atoms with Gasteiger partial charge in [-0.3, -0.25) is 14.5 Å². The maximum atomic E-state index is 13.2. The normalized spacial score (nSPS) is 28.7. The molecule has 1 aliphatic carbocycles. The lowest BCUT2D eigenvalue weighted by Gasteiger charge is -2.37. The van der Waals surface area contributed by atoms with Crippen molar-refractivity contribution in [3.05, 3.63) is 0 Å². The quantitative estimate of drug-likeness (QED) is 0.670. The van der Waals surface area contributed by atoms with Gasteiger partial charge in [0.2, 0.25) is 5.91 Å². The first kappa shape index (κ1) is 22.1. The van der Waals surface area contributed by atoms with Crippen LogP contribution < -0.4 is 5.73 Å². The molecule has 164 valence electrons. The van der Waals surface area contributed by atoms with Gasteiger partial charge in [0.25, 0.3) is 5.91 Å². The number of carbonyl (C=O) groups excluding carboxylic acids is 2. The predicted molar refractivity (Wildman–Crippen MR) is 116 cm³/mol. The van der Waals surface area contributed by atoms with Gasteiger partial charge >= 0.3 is 0 Å². The summed E-state index contributed by atoms with van der Waals surface area (Å²) in [6, 6.07) is 0. The van der Waals surface area contributed by atoms with Gasteiger partial charge in [0.15, 0.2) is 5.96 Å². The van der Waals surface area contributed by atoms with E-state index in [2.05, 4.69) is 6.92 Å². The monoisotopic (exact) mass is 404 g/mol. The summed E-state index contributed by atoms with van der Waals surface area (Å²) in [7, 11) is 1.74. The van der Waals surface area contributed by atoms with Crippen LogP contribution in [0.2, 0.25) is 0 Å². The first-order valence-corrected chi connectivity index (χ1v) is 11.9. The van der Waals surface area contributed by atoms with Gasteiger partial charge in [-0.15, -0.1) is 0 Å². The lowest BCUT2D eigenvalue weighted by atomic mass is 9.77. The molecule has 0 radical (unpaired) electrons. The molecule has 1 saturated heterocycles. The minimum Gasteiger partial charge on any atom is -0.369 e. The molecule has 0 unspecified atom stereocenters. The molecule has 0 spiro atoms. The van der Waals surface area contributed by atoms with Crippen molar-refractivity contribution in [1.29, 1.82) is 0 Å². The number of guanidine groups is 1. The Balaban J connectivity index is 1.66. The predicted octanol–water partition coefficient (Wildman–Crippen LogP) is 3.69. The standard InChI is InChI=1S/C23H40N4O2/c1-3-4-12-20(28)27-15-8-11-19(17-27)16-23(21(29)26(2)22(24)25-23)14-13-18-9-6-5-7-10-18/h18-19H,3-17H2,1-2H3,(H2,24,25)/t19-,23+/m1/s1. The molecule has 2 fully saturated rings. The Labute approximate surface area is 176 Å². The first-order chi connectivity index (χ1) is 13.9. The van der Waals surface area contributed by atoms with Gasteiger partial charge < -0.3 is 10.6 Å². The number of nitrogens with two attached hydrogens (primary N) is 1. The number of rotatable bonds is 8. The highest BCUT2D eigenvalue weighted by atomic mass is 16.2. The molecule has 2 atom stereocenters. The Hall–Kier alpha value is -1.59. The van der Waals surface area contributed by atoms with Crippen molar-refractivity contribution in [2.75, 3.05) is 20.1 Å². The molecular formula is C23H40N4O2. The summed E-state index contributed by atoms with van der Waals surface area (Å²) in [5.74, 6) is 1.72. The Kier molecular flexibility index (Phi) is 7.58. The van der Waals surface area contributed by atoms with Crippen LogP contribution >= 0.6 is 0 Å².